The molecular formula is C14H24N2O2. The fourth-order valence-electron chi connectivity index (χ4n) is 1.51. The van der Waals surface area contributed by atoms with E-state index in [9.17, 15) is 0 Å². The van der Waals surface area contributed by atoms with Gasteiger partial charge in [0.2, 0.25) is 0 Å². The Labute approximate surface area is 109 Å². The summed E-state index contributed by atoms with van der Waals surface area (Å²) >= 11 is 0. The largest absolute Gasteiger partial charge is 0.492 e. The lowest BCUT2D eigenvalue weighted by molar-refractivity contribution is 0.118. The van der Waals surface area contributed by atoms with Crippen LogP contribution in [0.3, 0.4) is 0 Å². The molecule has 3 N–H and O–H groups in total. The summed E-state index contributed by atoms with van der Waals surface area (Å²) in [7, 11) is 0. The zero-order valence-electron chi connectivity index (χ0n) is 11.5. The van der Waals surface area contributed by atoms with Crippen LogP contribution in [0, 0.1) is 5.92 Å². The highest BCUT2D eigenvalue weighted by atomic mass is 16.5. The number of nitrogens with two attached hydrogens (primary N) is 1. The minimum atomic E-state index is 0.575. The van der Waals surface area contributed by atoms with Crippen LogP contribution in [0.15, 0.2) is 18.2 Å². The first-order valence-corrected chi connectivity index (χ1v) is 6.47. The van der Waals surface area contributed by atoms with Gasteiger partial charge in [-0.15, -0.1) is 0 Å². The SMILES string of the molecule is CCOc1cc(NCCOCC(C)C)ccc1N. The summed E-state index contributed by atoms with van der Waals surface area (Å²) in [5.41, 5.74) is 7.47. The second-order valence-corrected chi connectivity index (χ2v) is 4.58. The summed E-state index contributed by atoms with van der Waals surface area (Å²) < 4.78 is 10.9. The lowest BCUT2D eigenvalue weighted by atomic mass is 10.2. The Morgan fingerprint density at radius 2 is 2.11 bits per heavy atom. The maximum atomic E-state index is 5.81. The molecule has 0 amide bonds. The maximum Gasteiger partial charge on any atom is 0.144 e. The highest BCUT2D eigenvalue weighted by Crippen LogP contribution is 2.25. The first-order valence-electron chi connectivity index (χ1n) is 6.47. The predicted octanol–water partition coefficient (Wildman–Crippen LogP) is 2.75. The van der Waals surface area contributed by atoms with Gasteiger partial charge in [0.1, 0.15) is 5.75 Å². The van der Waals surface area contributed by atoms with Crippen LogP contribution >= 0.6 is 0 Å². The van der Waals surface area contributed by atoms with Crippen molar-refractivity contribution in [2.24, 2.45) is 5.92 Å². The van der Waals surface area contributed by atoms with E-state index in [0.717, 1.165) is 24.6 Å². The second kappa shape index (κ2) is 7.82. The first kappa shape index (κ1) is 14.6. The van der Waals surface area contributed by atoms with E-state index < -0.39 is 0 Å². The van der Waals surface area contributed by atoms with Crippen molar-refractivity contribution in [2.45, 2.75) is 20.8 Å². The van der Waals surface area contributed by atoms with Crippen LogP contribution in [0.1, 0.15) is 20.8 Å². The molecule has 0 aromatic heterocycles. The topological polar surface area (TPSA) is 56.5 Å². The van der Waals surface area contributed by atoms with Gasteiger partial charge in [-0.1, -0.05) is 13.8 Å². The van der Waals surface area contributed by atoms with E-state index in [1.807, 2.05) is 25.1 Å². The zero-order chi connectivity index (χ0) is 13.4. The normalized spacial score (nSPS) is 10.7. The number of anilines is 2. The van der Waals surface area contributed by atoms with Gasteiger partial charge in [-0.05, 0) is 25.0 Å². The number of ether oxygens (including phenoxy) is 2. The van der Waals surface area contributed by atoms with E-state index in [4.69, 9.17) is 15.2 Å². The molecule has 0 saturated carbocycles. The third-order valence-corrected chi connectivity index (χ3v) is 2.34. The average Bonchev–Trinajstić information content (AvgIpc) is 2.32. The van der Waals surface area contributed by atoms with Gasteiger partial charge in [0, 0.05) is 24.9 Å². The highest BCUT2D eigenvalue weighted by molar-refractivity contribution is 5.61. The standard InChI is InChI=1S/C14H24N2O2/c1-4-18-14-9-12(5-6-13(14)15)16-7-8-17-10-11(2)3/h5-6,9,11,16H,4,7-8,10,15H2,1-3H3. The van der Waals surface area contributed by atoms with Gasteiger partial charge in [0.05, 0.1) is 18.9 Å². The minimum Gasteiger partial charge on any atom is -0.492 e. The smallest absolute Gasteiger partial charge is 0.144 e. The Morgan fingerprint density at radius 1 is 1.33 bits per heavy atom. The Morgan fingerprint density at radius 3 is 2.78 bits per heavy atom. The molecule has 0 saturated heterocycles. The fraction of sp³-hybridized carbons (Fsp3) is 0.571. The van der Waals surface area contributed by atoms with Gasteiger partial charge in [-0.2, -0.15) is 0 Å². The van der Waals surface area contributed by atoms with Crippen LogP contribution < -0.4 is 15.8 Å². The van der Waals surface area contributed by atoms with Gasteiger partial charge < -0.3 is 20.5 Å². The van der Waals surface area contributed by atoms with E-state index in [-0.39, 0.29) is 0 Å². The molecule has 0 spiro atoms. The van der Waals surface area contributed by atoms with Crippen molar-refractivity contribution in [3.63, 3.8) is 0 Å². The quantitative estimate of drug-likeness (QED) is 0.552. The van der Waals surface area contributed by atoms with Crippen LogP contribution in [-0.2, 0) is 4.74 Å². The molecule has 1 aromatic rings. The number of hydrogen-bond acceptors (Lipinski definition) is 4. The number of nitrogens with one attached hydrogen (secondary N) is 1. The molecule has 102 valence electrons. The second-order valence-electron chi connectivity index (χ2n) is 4.58. The summed E-state index contributed by atoms with van der Waals surface area (Å²) in [5.74, 6) is 1.30. The molecule has 4 heteroatoms. The van der Waals surface area contributed by atoms with E-state index in [0.29, 0.717) is 24.8 Å². The highest BCUT2D eigenvalue weighted by Gasteiger charge is 2.01. The molecule has 0 bridgehead atoms. The van der Waals surface area contributed by atoms with E-state index in [1.54, 1.807) is 0 Å². The molecule has 0 atom stereocenters. The van der Waals surface area contributed by atoms with Crippen molar-refractivity contribution >= 4 is 11.4 Å². The third-order valence-electron chi connectivity index (χ3n) is 2.34. The maximum absolute atomic E-state index is 5.81. The van der Waals surface area contributed by atoms with Gasteiger partial charge in [0.25, 0.3) is 0 Å². The zero-order valence-corrected chi connectivity index (χ0v) is 11.5. The Kier molecular flexibility index (Phi) is 6.36. The lowest BCUT2D eigenvalue weighted by Crippen LogP contribution is -2.12. The van der Waals surface area contributed by atoms with Crippen LogP contribution in [0.4, 0.5) is 11.4 Å². The van der Waals surface area contributed by atoms with E-state index in [1.165, 1.54) is 0 Å². The third kappa shape index (κ3) is 5.27. The van der Waals surface area contributed by atoms with Gasteiger partial charge >= 0.3 is 0 Å². The van der Waals surface area contributed by atoms with Crippen molar-refractivity contribution in [3.8, 4) is 5.75 Å². The average molecular weight is 252 g/mol. The van der Waals surface area contributed by atoms with Crippen LogP contribution in [0.2, 0.25) is 0 Å². The molecule has 1 rings (SSSR count). The van der Waals surface area contributed by atoms with Crippen molar-refractivity contribution in [2.75, 3.05) is 37.4 Å². The van der Waals surface area contributed by atoms with Gasteiger partial charge in [-0.25, -0.2) is 0 Å². The van der Waals surface area contributed by atoms with Crippen LogP contribution in [-0.4, -0.2) is 26.4 Å². The molecule has 0 radical (unpaired) electrons. The van der Waals surface area contributed by atoms with Crippen molar-refractivity contribution in [3.05, 3.63) is 18.2 Å². The van der Waals surface area contributed by atoms with E-state index in [2.05, 4.69) is 19.2 Å². The van der Waals surface area contributed by atoms with Gasteiger partial charge in [0.15, 0.2) is 0 Å². The molecule has 4 nitrogen and oxygen atoms in total. The lowest BCUT2D eigenvalue weighted by Gasteiger charge is -2.11. The Hall–Kier alpha value is -1.42. The molecule has 1 aromatic carbocycles. The molecule has 0 aliphatic carbocycles. The Bertz CT molecular complexity index is 354. The molecule has 0 aliphatic heterocycles. The summed E-state index contributed by atoms with van der Waals surface area (Å²) in [6.07, 6.45) is 0. The number of hydrogen-bond donors (Lipinski definition) is 2. The fourth-order valence-corrected chi connectivity index (χ4v) is 1.51. The molecule has 0 unspecified atom stereocenters. The molecule has 0 aliphatic rings. The van der Waals surface area contributed by atoms with Gasteiger partial charge in [-0.3, -0.25) is 0 Å². The summed E-state index contributed by atoms with van der Waals surface area (Å²) in [5, 5.41) is 3.28. The van der Waals surface area contributed by atoms with Crippen LogP contribution in [0.25, 0.3) is 0 Å². The van der Waals surface area contributed by atoms with Crippen molar-refractivity contribution in [1.82, 2.24) is 0 Å². The van der Waals surface area contributed by atoms with E-state index >= 15 is 0 Å². The van der Waals surface area contributed by atoms with Crippen LogP contribution in [0.5, 0.6) is 5.75 Å². The summed E-state index contributed by atoms with van der Waals surface area (Å²) in [4.78, 5) is 0. The monoisotopic (exact) mass is 252 g/mol. The molecule has 18 heavy (non-hydrogen) atoms. The number of nitrogen functional groups attached to an aromatic ring is 1. The Balaban J connectivity index is 2.35. The minimum absolute atomic E-state index is 0.575. The predicted molar refractivity (Wildman–Crippen MR) is 76.2 cm³/mol. The summed E-state index contributed by atoms with van der Waals surface area (Å²) in [6.45, 7) is 9.12. The molecular weight excluding hydrogens is 228 g/mol. The molecule has 0 heterocycles. The van der Waals surface area contributed by atoms with Crippen molar-refractivity contribution < 1.29 is 9.47 Å². The molecule has 0 fully saturated rings. The summed E-state index contributed by atoms with van der Waals surface area (Å²) in [6, 6.07) is 5.71. The number of rotatable bonds is 8. The first-order chi connectivity index (χ1) is 8.63. The van der Waals surface area contributed by atoms with Crippen molar-refractivity contribution in [1.29, 1.82) is 0 Å². The number of benzene rings is 1.